The monoisotopic (exact) mass is 464 g/mol. The van der Waals surface area contributed by atoms with Crippen molar-refractivity contribution in [3.63, 3.8) is 0 Å². The Hall–Kier alpha value is -2.30. The number of rotatable bonds is 2. The van der Waals surface area contributed by atoms with Crippen molar-refractivity contribution < 1.29 is 0 Å². The van der Waals surface area contributed by atoms with E-state index in [-0.39, 0.29) is 0 Å². The van der Waals surface area contributed by atoms with Crippen LogP contribution in [0.2, 0.25) is 0 Å². The van der Waals surface area contributed by atoms with Gasteiger partial charge in [0.1, 0.15) is 0 Å². The van der Waals surface area contributed by atoms with Crippen molar-refractivity contribution in [2.45, 2.75) is 0 Å². The highest BCUT2D eigenvalue weighted by Crippen LogP contribution is 2.32. The first-order valence-electron chi connectivity index (χ1n) is 8.34. The summed E-state index contributed by atoms with van der Waals surface area (Å²) in [4.78, 5) is 0. The molecule has 5 rings (SSSR count). The molecule has 2 aromatic heterocycles. The number of benzene rings is 3. The largest absolute Gasteiger partial charge is 0.315 e. The molecule has 0 aliphatic carbocycles. The van der Waals surface area contributed by atoms with Gasteiger partial charge in [0.05, 0.1) is 11.0 Å². The number of halogens is 2. The molecule has 0 amide bonds. The van der Waals surface area contributed by atoms with Gasteiger partial charge in [-0.05, 0) is 60.7 Å². The smallest absolute Gasteiger partial charge is 0.0777 e. The van der Waals surface area contributed by atoms with Gasteiger partial charge in [-0.3, -0.25) is 0 Å². The molecule has 0 saturated heterocycles. The van der Waals surface area contributed by atoms with Gasteiger partial charge in [-0.2, -0.15) is 0 Å². The number of hydrogen-bond acceptors (Lipinski definition) is 0. The Balaban J connectivity index is 1.84. The van der Waals surface area contributed by atoms with Crippen LogP contribution in [-0.2, 0) is 0 Å². The molecule has 0 bridgehead atoms. The quantitative estimate of drug-likeness (QED) is 0.263. The third-order valence-electron chi connectivity index (χ3n) is 4.71. The zero-order chi connectivity index (χ0) is 17.7. The fourth-order valence-electron chi connectivity index (χ4n) is 3.48. The molecule has 0 radical (unpaired) electrons. The Morgan fingerprint density at radius 2 is 0.846 bits per heavy atom. The van der Waals surface area contributed by atoms with Crippen molar-refractivity contribution in [1.29, 1.82) is 0 Å². The molecule has 0 N–H and O–H groups in total. The summed E-state index contributed by atoms with van der Waals surface area (Å²) in [5.41, 5.74) is 4.74. The number of nitrogens with zero attached hydrogens (tertiary/aromatic N) is 2. The summed E-state index contributed by atoms with van der Waals surface area (Å²) >= 11 is 7.05. The summed E-state index contributed by atoms with van der Waals surface area (Å²) in [5.74, 6) is 0. The van der Waals surface area contributed by atoms with Crippen molar-refractivity contribution in [2.24, 2.45) is 0 Å². The average molecular weight is 466 g/mol. The minimum absolute atomic E-state index is 1.08. The molecule has 0 aliphatic heterocycles. The molecule has 0 saturated carbocycles. The second-order valence-electron chi connectivity index (χ2n) is 6.27. The SMILES string of the molecule is Brc1ccc(-n2ccc3ccc4ccn(-c5ccc(Br)cc5)c4c32)cc1. The molecule has 26 heavy (non-hydrogen) atoms. The molecule has 126 valence electrons. The van der Waals surface area contributed by atoms with Crippen molar-refractivity contribution in [2.75, 3.05) is 0 Å². The minimum atomic E-state index is 1.08. The standard InChI is InChI=1S/C22H14Br2N2/c23-17-3-7-19(8-4-17)25-13-11-15-1-2-16-12-14-26(22(16)21(15)25)20-9-5-18(24)6-10-20/h1-14H. The van der Waals surface area contributed by atoms with E-state index in [4.69, 9.17) is 0 Å². The van der Waals surface area contributed by atoms with Gasteiger partial charge in [-0.25, -0.2) is 0 Å². The summed E-state index contributed by atoms with van der Waals surface area (Å²) in [6.07, 6.45) is 4.29. The van der Waals surface area contributed by atoms with E-state index >= 15 is 0 Å². The van der Waals surface area contributed by atoms with Crippen LogP contribution in [0.4, 0.5) is 0 Å². The van der Waals surface area contributed by atoms with Gasteiger partial charge in [-0.15, -0.1) is 0 Å². The summed E-state index contributed by atoms with van der Waals surface area (Å²) in [6, 6.07) is 25.6. The van der Waals surface area contributed by atoms with Crippen molar-refractivity contribution >= 4 is 53.7 Å². The van der Waals surface area contributed by atoms with E-state index in [0.29, 0.717) is 0 Å². The molecule has 0 atom stereocenters. The zero-order valence-corrected chi connectivity index (χ0v) is 16.9. The Morgan fingerprint density at radius 1 is 0.462 bits per heavy atom. The number of fused-ring (bicyclic) bond motifs is 3. The van der Waals surface area contributed by atoms with E-state index in [0.717, 1.165) is 20.3 Å². The first kappa shape index (κ1) is 15.9. The van der Waals surface area contributed by atoms with E-state index in [1.165, 1.54) is 21.8 Å². The normalized spacial score (nSPS) is 11.5. The minimum Gasteiger partial charge on any atom is -0.315 e. The van der Waals surface area contributed by atoms with Crippen LogP contribution in [0.1, 0.15) is 0 Å². The van der Waals surface area contributed by atoms with Crippen LogP contribution >= 0.6 is 31.9 Å². The van der Waals surface area contributed by atoms with E-state index < -0.39 is 0 Å². The summed E-state index contributed by atoms with van der Waals surface area (Å²) in [6.45, 7) is 0. The third-order valence-corrected chi connectivity index (χ3v) is 5.77. The fourth-order valence-corrected chi connectivity index (χ4v) is 4.01. The molecule has 5 aromatic rings. The van der Waals surface area contributed by atoms with Gasteiger partial charge in [0.2, 0.25) is 0 Å². The highest BCUT2D eigenvalue weighted by molar-refractivity contribution is 9.10. The lowest BCUT2D eigenvalue weighted by Gasteiger charge is -2.11. The Morgan fingerprint density at radius 3 is 1.23 bits per heavy atom. The second kappa shape index (κ2) is 6.15. The molecule has 3 aromatic carbocycles. The molecule has 0 aliphatic rings. The highest BCUT2D eigenvalue weighted by Gasteiger charge is 2.12. The van der Waals surface area contributed by atoms with E-state index in [9.17, 15) is 0 Å². The number of aromatic nitrogens is 2. The van der Waals surface area contributed by atoms with Gasteiger partial charge in [0.15, 0.2) is 0 Å². The van der Waals surface area contributed by atoms with E-state index in [1.54, 1.807) is 0 Å². The van der Waals surface area contributed by atoms with Crippen LogP contribution in [-0.4, -0.2) is 9.13 Å². The highest BCUT2D eigenvalue weighted by atomic mass is 79.9. The predicted octanol–water partition coefficient (Wildman–Crippen LogP) is 7.10. The van der Waals surface area contributed by atoms with Gasteiger partial charge in [-0.1, -0.05) is 44.0 Å². The zero-order valence-electron chi connectivity index (χ0n) is 13.7. The molecule has 0 unspecified atom stereocenters. The fraction of sp³-hybridized carbons (Fsp3) is 0. The second-order valence-corrected chi connectivity index (χ2v) is 8.10. The first-order valence-corrected chi connectivity index (χ1v) is 9.92. The van der Waals surface area contributed by atoms with Gasteiger partial charge in [0, 0.05) is 43.5 Å². The van der Waals surface area contributed by atoms with Crippen LogP contribution in [0.15, 0.2) is 94.1 Å². The van der Waals surface area contributed by atoms with Crippen molar-refractivity contribution in [3.05, 3.63) is 94.1 Å². The summed E-state index contributed by atoms with van der Waals surface area (Å²) in [7, 11) is 0. The van der Waals surface area contributed by atoms with Gasteiger partial charge >= 0.3 is 0 Å². The molecule has 4 heteroatoms. The average Bonchev–Trinajstić information content (AvgIpc) is 3.27. The molecule has 2 nitrogen and oxygen atoms in total. The van der Waals surface area contributed by atoms with Crippen LogP contribution in [0.5, 0.6) is 0 Å². The molecule has 0 spiro atoms. The lowest BCUT2D eigenvalue weighted by molar-refractivity contribution is 1.10. The first-order chi connectivity index (χ1) is 12.7. The van der Waals surface area contributed by atoms with Crippen molar-refractivity contribution in [3.8, 4) is 11.4 Å². The maximum absolute atomic E-state index is 3.52. The maximum Gasteiger partial charge on any atom is 0.0777 e. The third kappa shape index (κ3) is 2.52. The molecule has 0 fully saturated rings. The molecular weight excluding hydrogens is 452 g/mol. The van der Waals surface area contributed by atoms with Crippen LogP contribution < -0.4 is 0 Å². The summed E-state index contributed by atoms with van der Waals surface area (Å²) in [5, 5.41) is 2.47. The topological polar surface area (TPSA) is 9.86 Å². The maximum atomic E-state index is 3.52. The summed E-state index contributed by atoms with van der Waals surface area (Å²) < 4.78 is 6.70. The van der Waals surface area contributed by atoms with Gasteiger partial charge in [0.25, 0.3) is 0 Å². The molecule has 2 heterocycles. The molecular formula is C22H14Br2N2. The van der Waals surface area contributed by atoms with Crippen molar-refractivity contribution in [1.82, 2.24) is 9.13 Å². The Kier molecular flexibility index (Phi) is 3.76. The van der Waals surface area contributed by atoms with E-state index in [2.05, 4.69) is 126 Å². The van der Waals surface area contributed by atoms with Crippen LogP contribution in [0.3, 0.4) is 0 Å². The lowest BCUT2D eigenvalue weighted by atomic mass is 10.2. The van der Waals surface area contributed by atoms with E-state index in [1.807, 2.05) is 0 Å². The lowest BCUT2D eigenvalue weighted by Crippen LogP contribution is -1.96. The predicted molar refractivity (Wildman–Crippen MR) is 116 cm³/mol. The van der Waals surface area contributed by atoms with Crippen LogP contribution in [0.25, 0.3) is 33.2 Å². The van der Waals surface area contributed by atoms with Crippen LogP contribution in [0, 0.1) is 0 Å². The number of hydrogen-bond donors (Lipinski definition) is 0. The van der Waals surface area contributed by atoms with Gasteiger partial charge < -0.3 is 9.13 Å². The Bertz CT molecular complexity index is 1130. The Labute approximate surface area is 167 Å².